The smallest absolute Gasteiger partial charge is 0.264 e. The molecule has 1 N–H and O–H groups in total. The van der Waals surface area contributed by atoms with E-state index in [0.29, 0.717) is 41.6 Å². The first-order valence-electron chi connectivity index (χ1n) is 11.5. The molecule has 0 aliphatic heterocycles. The maximum atomic E-state index is 13.5. The van der Waals surface area contributed by atoms with Crippen LogP contribution in [-0.2, 0) is 21.2 Å². The molecule has 3 aromatic carbocycles. The van der Waals surface area contributed by atoms with Crippen LogP contribution in [0.3, 0.4) is 0 Å². The first-order valence-corrected chi connectivity index (χ1v) is 13.3. The molecule has 1 amide bonds. The zero-order valence-electron chi connectivity index (χ0n) is 20.9. The molecule has 3 rings (SSSR count). The lowest BCUT2D eigenvalue weighted by atomic mass is 10.1. The third kappa shape index (κ3) is 6.71. The fraction of sp³-hybridized carbons (Fsp3) is 0.296. The minimum Gasteiger partial charge on any atom is -0.493 e. The average Bonchev–Trinajstić information content (AvgIpc) is 2.87. The Morgan fingerprint density at radius 1 is 0.944 bits per heavy atom. The number of carbonyl (C=O) groups excluding carboxylic acids is 1. The Labute approximate surface area is 218 Å². The van der Waals surface area contributed by atoms with Crippen molar-refractivity contribution in [1.82, 2.24) is 5.32 Å². The van der Waals surface area contributed by atoms with E-state index in [-0.39, 0.29) is 11.4 Å². The third-order valence-electron chi connectivity index (χ3n) is 5.75. The van der Waals surface area contributed by atoms with Gasteiger partial charge >= 0.3 is 0 Å². The normalized spacial score (nSPS) is 11.1. The van der Waals surface area contributed by atoms with Gasteiger partial charge in [-0.25, -0.2) is 8.42 Å². The number of nitrogens with zero attached hydrogens (tertiary/aromatic N) is 1. The summed E-state index contributed by atoms with van der Waals surface area (Å²) in [5, 5.41) is 3.25. The van der Waals surface area contributed by atoms with Crippen LogP contribution in [0.4, 0.5) is 5.69 Å². The molecule has 0 radical (unpaired) electrons. The predicted molar refractivity (Wildman–Crippen MR) is 143 cm³/mol. The van der Waals surface area contributed by atoms with Gasteiger partial charge in [0.05, 0.1) is 24.8 Å². The Morgan fingerprint density at radius 2 is 1.64 bits per heavy atom. The molecule has 192 valence electrons. The van der Waals surface area contributed by atoms with Crippen LogP contribution in [0, 0.1) is 13.8 Å². The highest BCUT2D eigenvalue weighted by atomic mass is 35.5. The number of nitrogens with one attached hydrogen (secondary N) is 1. The molecule has 0 atom stereocenters. The van der Waals surface area contributed by atoms with Crippen LogP contribution in [-0.4, -0.2) is 41.6 Å². The Morgan fingerprint density at radius 3 is 2.28 bits per heavy atom. The summed E-state index contributed by atoms with van der Waals surface area (Å²) in [7, 11) is -0.829. The number of sulfonamides is 1. The largest absolute Gasteiger partial charge is 0.493 e. The molecule has 0 bridgehead atoms. The summed E-state index contributed by atoms with van der Waals surface area (Å²) in [5.74, 6) is 0.892. The second-order valence-electron chi connectivity index (χ2n) is 8.40. The van der Waals surface area contributed by atoms with Crippen molar-refractivity contribution in [1.29, 1.82) is 0 Å². The summed E-state index contributed by atoms with van der Waals surface area (Å²) in [5.41, 5.74) is 3.12. The van der Waals surface area contributed by atoms with Gasteiger partial charge in [0.15, 0.2) is 11.5 Å². The molecule has 9 heteroatoms. The van der Waals surface area contributed by atoms with E-state index in [9.17, 15) is 13.2 Å². The number of anilines is 1. The highest BCUT2D eigenvalue weighted by Crippen LogP contribution is 2.29. The van der Waals surface area contributed by atoms with Gasteiger partial charge in [0.1, 0.15) is 6.54 Å². The van der Waals surface area contributed by atoms with Gasteiger partial charge in [0.2, 0.25) is 5.91 Å². The number of benzene rings is 3. The second kappa shape index (κ2) is 12.1. The predicted octanol–water partition coefficient (Wildman–Crippen LogP) is 4.92. The molecule has 3 aromatic rings. The molecular weight excluding hydrogens is 500 g/mol. The van der Waals surface area contributed by atoms with Crippen LogP contribution < -0.4 is 19.1 Å². The fourth-order valence-electron chi connectivity index (χ4n) is 3.63. The summed E-state index contributed by atoms with van der Waals surface area (Å²) in [6.07, 6.45) is 1.38. The summed E-state index contributed by atoms with van der Waals surface area (Å²) in [6, 6.07) is 17.2. The molecule has 0 aliphatic rings. The molecule has 36 heavy (non-hydrogen) atoms. The summed E-state index contributed by atoms with van der Waals surface area (Å²) < 4.78 is 38.6. The van der Waals surface area contributed by atoms with Crippen LogP contribution in [0.2, 0.25) is 5.02 Å². The van der Waals surface area contributed by atoms with Crippen LogP contribution in [0.15, 0.2) is 65.6 Å². The molecule has 0 fully saturated rings. The number of halogens is 1. The number of methoxy groups -OCH3 is 2. The van der Waals surface area contributed by atoms with E-state index >= 15 is 0 Å². The SMILES string of the molecule is COc1ccc(CCCNC(=O)CN(c2ccc(C)c(Cl)c2)S(=O)(=O)c2ccc(C)cc2)cc1OC. The molecule has 0 heterocycles. The van der Waals surface area contributed by atoms with E-state index in [4.69, 9.17) is 21.1 Å². The quantitative estimate of drug-likeness (QED) is 0.356. The standard InChI is InChI=1S/C27H31ClN2O5S/c1-19-7-12-23(13-8-19)36(32,33)30(22-11-9-20(2)24(28)17-22)18-27(31)29-15-5-6-21-10-14-25(34-3)26(16-21)35-4/h7-14,16-17H,5-6,15,18H2,1-4H3,(H,29,31). The van der Waals surface area contributed by atoms with Crippen molar-refractivity contribution in [2.24, 2.45) is 0 Å². The molecule has 0 aromatic heterocycles. The molecular formula is C27H31ClN2O5S. The maximum absolute atomic E-state index is 13.5. The van der Waals surface area contributed by atoms with Gasteiger partial charge in [-0.3, -0.25) is 9.10 Å². The van der Waals surface area contributed by atoms with Gasteiger partial charge in [-0.15, -0.1) is 0 Å². The van der Waals surface area contributed by atoms with Gasteiger partial charge in [0, 0.05) is 11.6 Å². The highest BCUT2D eigenvalue weighted by molar-refractivity contribution is 7.92. The molecule has 0 aliphatic carbocycles. The number of hydrogen-bond acceptors (Lipinski definition) is 5. The minimum atomic E-state index is -4.00. The molecule has 7 nitrogen and oxygen atoms in total. The summed E-state index contributed by atoms with van der Waals surface area (Å²) >= 11 is 6.27. The number of rotatable bonds is 11. The lowest BCUT2D eigenvalue weighted by Crippen LogP contribution is -2.41. The van der Waals surface area contributed by atoms with E-state index in [2.05, 4.69) is 5.32 Å². The average molecular weight is 531 g/mol. The van der Waals surface area contributed by atoms with Gasteiger partial charge in [-0.2, -0.15) is 0 Å². The molecule has 0 unspecified atom stereocenters. The number of ether oxygens (including phenoxy) is 2. The van der Waals surface area contributed by atoms with E-state index in [1.807, 2.05) is 32.0 Å². The molecule has 0 spiro atoms. The van der Waals surface area contributed by atoms with E-state index in [1.165, 1.54) is 12.1 Å². The Kier molecular flexibility index (Phi) is 9.23. The highest BCUT2D eigenvalue weighted by Gasteiger charge is 2.27. The summed E-state index contributed by atoms with van der Waals surface area (Å²) in [4.78, 5) is 12.9. The van der Waals surface area contributed by atoms with Gasteiger partial charge < -0.3 is 14.8 Å². The Bertz CT molecular complexity index is 1310. The van der Waals surface area contributed by atoms with Crippen molar-refractivity contribution in [3.05, 3.63) is 82.4 Å². The third-order valence-corrected chi connectivity index (χ3v) is 7.95. The van der Waals surface area contributed by atoms with Crippen molar-refractivity contribution in [3.63, 3.8) is 0 Å². The monoisotopic (exact) mass is 530 g/mol. The Hall–Kier alpha value is -3.23. The van der Waals surface area contributed by atoms with Gasteiger partial charge in [0.25, 0.3) is 10.0 Å². The van der Waals surface area contributed by atoms with Crippen molar-refractivity contribution in [2.75, 3.05) is 31.6 Å². The van der Waals surface area contributed by atoms with Crippen LogP contribution in [0.1, 0.15) is 23.1 Å². The second-order valence-corrected chi connectivity index (χ2v) is 10.7. The van der Waals surface area contributed by atoms with Crippen molar-refractivity contribution < 1.29 is 22.7 Å². The topological polar surface area (TPSA) is 84.9 Å². The van der Waals surface area contributed by atoms with Crippen molar-refractivity contribution in [3.8, 4) is 11.5 Å². The van der Waals surface area contributed by atoms with E-state index in [0.717, 1.165) is 21.0 Å². The zero-order chi connectivity index (χ0) is 26.3. The number of hydrogen-bond donors (Lipinski definition) is 1. The van der Waals surface area contributed by atoms with Crippen molar-refractivity contribution >= 4 is 33.2 Å². The first kappa shape index (κ1) is 27.4. The number of aryl methyl sites for hydroxylation is 3. The molecule has 0 saturated carbocycles. The maximum Gasteiger partial charge on any atom is 0.264 e. The minimum absolute atomic E-state index is 0.103. The van der Waals surface area contributed by atoms with Crippen LogP contribution in [0.25, 0.3) is 0 Å². The van der Waals surface area contributed by atoms with E-state index < -0.39 is 15.9 Å². The lowest BCUT2D eigenvalue weighted by molar-refractivity contribution is -0.119. The summed E-state index contributed by atoms with van der Waals surface area (Å²) in [6.45, 7) is 3.73. The lowest BCUT2D eigenvalue weighted by Gasteiger charge is -2.24. The fourth-order valence-corrected chi connectivity index (χ4v) is 5.22. The van der Waals surface area contributed by atoms with Crippen LogP contribution >= 0.6 is 11.6 Å². The Balaban J connectivity index is 1.70. The van der Waals surface area contributed by atoms with Crippen molar-refractivity contribution in [2.45, 2.75) is 31.6 Å². The number of carbonyl (C=O) groups is 1. The van der Waals surface area contributed by atoms with E-state index in [1.54, 1.807) is 44.6 Å². The number of amides is 1. The first-order chi connectivity index (χ1) is 17.1. The zero-order valence-corrected chi connectivity index (χ0v) is 22.4. The van der Waals surface area contributed by atoms with Gasteiger partial charge in [-0.05, 0) is 74.2 Å². The van der Waals surface area contributed by atoms with Gasteiger partial charge in [-0.1, -0.05) is 41.4 Å². The molecule has 0 saturated heterocycles. The van der Waals surface area contributed by atoms with Crippen LogP contribution in [0.5, 0.6) is 11.5 Å².